The maximum Gasteiger partial charge on any atom is 0.123 e. The van der Waals surface area contributed by atoms with Gasteiger partial charge in [0, 0.05) is 17.2 Å². The predicted octanol–water partition coefficient (Wildman–Crippen LogP) is 4.98. The van der Waals surface area contributed by atoms with Gasteiger partial charge in [0.1, 0.15) is 5.82 Å². The molecular formula is C14H19Cl2F. The summed E-state index contributed by atoms with van der Waals surface area (Å²) in [5.74, 6) is 1.26. The molecule has 0 aliphatic heterocycles. The van der Waals surface area contributed by atoms with Gasteiger partial charge >= 0.3 is 0 Å². The van der Waals surface area contributed by atoms with Gasteiger partial charge in [-0.15, -0.1) is 23.2 Å². The van der Waals surface area contributed by atoms with E-state index in [9.17, 15) is 4.39 Å². The Morgan fingerprint density at radius 1 is 1.18 bits per heavy atom. The monoisotopic (exact) mass is 276 g/mol. The van der Waals surface area contributed by atoms with Crippen molar-refractivity contribution in [3.63, 3.8) is 0 Å². The van der Waals surface area contributed by atoms with Gasteiger partial charge in [0.05, 0.1) is 0 Å². The first-order valence-corrected chi connectivity index (χ1v) is 7.03. The van der Waals surface area contributed by atoms with Gasteiger partial charge in [0.15, 0.2) is 0 Å². The van der Waals surface area contributed by atoms with Crippen molar-refractivity contribution in [1.82, 2.24) is 0 Å². The molecule has 0 aromatic heterocycles. The molecule has 0 spiro atoms. The standard InChI is InChI=1S/C14H19Cl2F/c1-3-11(2)8-14(9-15,10-16)12-4-6-13(17)7-5-12/h4-7,11H,3,8-10H2,1-2H3. The van der Waals surface area contributed by atoms with Crippen LogP contribution in [0.1, 0.15) is 32.3 Å². The SMILES string of the molecule is CCC(C)CC(CCl)(CCl)c1ccc(F)cc1. The molecule has 0 aliphatic carbocycles. The lowest BCUT2D eigenvalue weighted by atomic mass is 9.76. The number of hydrogen-bond donors (Lipinski definition) is 0. The highest BCUT2D eigenvalue weighted by molar-refractivity contribution is 6.22. The van der Waals surface area contributed by atoms with Crippen molar-refractivity contribution in [3.8, 4) is 0 Å². The maximum atomic E-state index is 12.9. The maximum absolute atomic E-state index is 12.9. The van der Waals surface area contributed by atoms with Crippen LogP contribution in [0.4, 0.5) is 4.39 Å². The molecule has 1 unspecified atom stereocenters. The first-order valence-electron chi connectivity index (χ1n) is 5.96. The summed E-state index contributed by atoms with van der Waals surface area (Å²) in [6, 6.07) is 6.53. The molecular weight excluding hydrogens is 258 g/mol. The Morgan fingerprint density at radius 3 is 2.12 bits per heavy atom. The summed E-state index contributed by atoms with van der Waals surface area (Å²) >= 11 is 12.2. The lowest BCUT2D eigenvalue weighted by Gasteiger charge is -2.32. The summed E-state index contributed by atoms with van der Waals surface area (Å²) in [5, 5.41) is 0. The Morgan fingerprint density at radius 2 is 1.71 bits per heavy atom. The van der Waals surface area contributed by atoms with E-state index in [1.807, 2.05) is 0 Å². The Labute approximate surface area is 113 Å². The summed E-state index contributed by atoms with van der Waals surface area (Å²) < 4.78 is 12.9. The van der Waals surface area contributed by atoms with Crippen LogP contribution in [0.3, 0.4) is 0 Å². The van der Waals surface area contributed by atoms with Crippen LogP contribution in [-0.2, 0) is 5.41 Å². The van der Waals surface area contributed by atoms with Crippen molar-refractivity contribution in [3.05, 3.63) is 35.6 Å². The molecule has 0 saturated heterocycles. The molecule has 1 rings (SSSR count). The highest BCUT2D eigenvalue weighted by Gasteiger charge is 2.32. The van der Waals surface area contributed by atoms with Gasteiger partial charge in [-0.1, -0.05) is 32.4 Å². The molecule has 0 radical (unpaired) electrons. The second kappa shape index (κ2) is 6.61. The quantitative estimate of drug-likeness (QED) is 0.643. The summed E-state index contributed by atoms with van der Waals surface area (Å²) in [7, 11) is 0. The fraction of sp³-hybridized carbons (Fsp3) is 0.571. The zero-order chi connectivity index (χ0) is 12.9. The molecule has 0 heterocycles. The fourth-order valence-electron chi connectivity index (χ4n) is 2.03. The van der Waals surface area contributed by atoms with Gasteiger partial charge in [0.2, 0.25) is 0 Å². The van der Waals surface area contributed by atoms with E-state index in [-0.39, 0.29) is 11.2 Å². The number of alkyl halides is 2. The minimum atomic E-state index is -0.244. The van der Waals surface area contributed by atoms with Crippen molar-refractivity contribution >= 4 is 23.2 Å². The molecule has 1 atom stereocenters. The lowest BCUT2D eigenvalue weighted by Crippen LogP contribution is -2.32. The van der Waals surface area contributed by atoms with E-state index in [1.54, 1.807) is 12.1 Å². The molecule has 0 saturated carbocycles. The average Bonchev–Trinajstić information content (AvgIpc) is 2.37. The molecule has 0 amide bonds. The molecule has 96 valence electrons. The summed E-state index contributed by atoms with van der Waals surface area (Å²) in [6.45, 7) is 4.35. The molecule has 0 bridgehead atoms. The third kappa shape index (κ3) is 3.59. The van der Waals surface area contributed by atoms with Crippen molar-refractivity contribution in [2.45, 2.75) is 32.1 Å². The third-order valence-electron chi connectivity index (χ3n) is 3.40. The van der Waals surface area contributed by atoms with Crippen molar-refractivity contribution in [1.29, 1.82) is 0 Å². The number of rotatable bonds is 6. The van der Waals surface area contributed by atoms with Crippen LogP contribution in [0.2, 0.25) is 0 Å². The van der Waals surface area contributed by atoms with Gasteiger partial charge in [-0.05, 0) is 30.0 Å². The van der Waals surface area contributed by atoms with Crippen LogP contribution in [0.15, 0.2) is 24.3 Å². The second-order valence-electron chi connectivity index (χ2n) is 4.77. The number of benzene rings is 1. The van der Waals surface area contributed by atoms with Crippen LogP contribution in [-0.4, -0.2) is 11.8 Å². The summed E-state index contributed by atoms with van der Waals surface area (Å²) in [4.78, 5) is 0. The molecule has 0 aliphatic rings. The summed E-state index contributed by atoms with van der Waals surface area (Å²) in [6.07, 6.45) is 2.03. The van der Waals surface area contributed by atoms with Crippen molar-refractivity contribution < 1.29 is 4.39 Å². The van der Waals surface area contributed by atoms with Crippen molar-refractivity contribution in [2.24, 2.45) is 5.92 Å². The molecule has 0 fully saturated rings. The molecule has 3 heteroatoms. The molecule has 1 aromatic rings. The lowest BCUT2D eigenvalue weighted by molar-refractivity contribution is 0.379. The Balaban J connectivity index is 3.01. The Bertz CT molecular complexity index is 331. The highest BCUT2D eigenvalue weighted by Crippen LogP contribution is 2.35. The molecule has 1 aromatic carbocycles. The highest BCUT2D eigenvalue weighted by atomic mass is 35.5. The van der Waals surface area contributed by atoms with E-state index in [0.717, 1.165) is 18.4 Å². The first kappa shape index (κ1) is 14.8. The van der Waals surface area contributed by atoms with Gasteiger partial charge in [-0.2, -0.15) is 0 Å². The molecule has 0 N–H and O–H groups in total. The Hall–Kier alpha value is -0.270. The van der Waals surface area contributed by atoms with E-state index in [4.69, 9.17) is 23.2 Å². The normalized spacial score (nSPS) is 13.7. The van der Waals surface area contributed by atoms with Gasteiger partial charge in [0.25, 0.3) is 0 Å². The van der Waals surface area contributed by atoms with E-state index < -0.39 is 0 Å². The number of halogens is 3. The molecule has 0 nitrogen and oxygen atoms in total. The second-order valence-corrected chi connectivity index (χ2v) is 5.31. The number of hydrogen-bond acceptors (Lipinski definition) is 0. The van der Waals surface area contributed by atoms with Crippen LogP contribution in [0, 0.1) is 11.7 Å². The van der Waals surface area contributed by atoms with Crippen LogP contribution in [0.5, 0.6) is 0 Å². The Kier molecular flexibility index (Phi) is 5.75. The average molecular weight is 277 g/mol. The van der Waals surface area contributed by atoms with E-state index in [1.165, 1.54) is 12.1 Å². The van der Waals surface area contributed by atoms with Gasteiger partial charge < -0.3 is 0 Å². The topological polar surface area (TPSA) is 0 Å². The van der Waals surface area contributed by atoms with E-state index >= 15 is 0 Å². The smallest absolute Gasteiger partial charge is 0.123 e. The van der Waals surface area contributed by atoms with Crippen LogP contribution < -0.4 is 0 Å². The zero-order valence-electron chi connectivity index (χ0n) is 10.3. The first-order chi connectivity index (χ1) is 8.07. The minimum Gasteiger partial charge on any atom is -0.207 e. The third-order valence-corrected chi connectivity index (χ3v) is 4.43. The van der Waals surface area contributed by atoms with E-state index in [0.29, 0.717) is 17.7 Å². The molecule has 17 heavy (non-hydrogen) atoms. The largest absolute Gasteiger partial charge is 0.207 e. The fourth-order valence-corrected chi connectivity index (χ4v) is 2.84. The minimum absolute atomic E-state index is 0.227. The summed E-state index contributed by atoms with van der Waals surface area (Å²) in [5.41, 5.74) is 0.788. The zero-order valence-corrected chi connectivity index (χ0v) is 11.9. The van der Waals surface area contributed by atoms with E-state index in [2.05, 4.69) is 13.8 Å². The predicted molar refractivity (Wildman–Crippen MR) is 73.6 cm³/mol. The van der Waals surface area contributed by atoms with Gasteiger partial charge in [-0.3, -0.25) is 0 Å². The van der Waals surface area contributed by atoms with Crippen molar-refractivity contribution in [2.75, 3.05) is 11.8 Å². The van der Waals surface area contributed by atoms with Crippen LogP contribution >= 0.6 is 23.2 Å². The van der Waals surface area contributed by atoms with Gasteiger partial charge in [-0.25, -0.2) is 4.39 Å². The van der Waals surface area contributed by atoms with Crippen LogP contribution in [0.25, 0.3) is 0 Å².